The van der Waals surface area contributed by atoms with Gasteiger partial charge in [0.25, 0.3) is 0 Å². The Morgan fingerprint density at radius 3 is 2.57 bits per heavy atom. The monoisotopic (exact) mass is 316 g/mol. The first-order valence-electron chi connectivity index (χ1n) is 9.12. The molecule has 1 aliphatic rings. The fourth-order valence-corrected chi connectivity index (χ4v) is 3.74. The van der Waals surface area contributed by atoms with Crippen molar-refractivity contribution in [3.8, 4) is 0 Å². The van der Waals surface area contributed by atoms with Gasteiger partial charge >= 0.3 is 0 Å². The van der Waals surface area contributed by atoms with Gasteiger partial charge in [0.05, 0.1) is 5.56 Å². The summed E-state index contributed by atoms with van der Waals surface area (Å²) in [4.78, 5) is 11.6. The number of carbonyl (C=O) groups excluding carboxylic acids is 1. The van der Waals surface area contributed by atoms with E-state index in [0.717, 1.165) is 24.3 Å². The molecule has 0 unspecified atom stereocenters. The Morgan fingerprint density at radius 1 is 1.22 bits per heavy atom. The molecule has 0 heterocycles. The molecule has 1 aliphatic carbocycles. The zero-order chi connectivity index (χ0) is 16.7. The number of ketones is 1. The average Bonchev–Trinajstić information content (AvgIpc) is 2.58. The van der Waals surface area contributed by atoms with Crippen LogP contribution in [0.25, 0.3) is 0 Å². The van der Waals surface area contributed by atoms with Crippen LogP contribution in [0.15, 0.2) is 30.9 Å². The van der Waals surface area contributed by atoms with Crippen LogP contribution in [0, 0.1) is 11.7 Å². The number of rotatable bonds is 8. The molecule has 0 amide bonds. The van der Waals surface area contributed by atoms with E-state index in [9.17, 15) is 9.18 Å². The Morgan fingerprint density at radius 2 is 1.96 bits per heavy atom. The molecule has 0 saturated heterocycles. The molecule has 0 atom stereocenters. The predicted molar refractivity (Wildman–Crippen MR) is 94.4 cm³/mol. The van der Waals surface area contributed by atoms with Crippen LogP contribution in [0.4, 0.5) is 4.39 Å². The van der Waals surface area contributed by atoms with Gasteiger partial charge in [0.1, 0.15) is 5.82 Å². The van der Waals surface area contributed by atoms with Crippen molar-refractivity contribution in [1.29, 1.82) is 0 Å². The SMILES string of the molecule is C=CC(=O)c1ccc(C2CCC(CCCCCC)CC2)cc1F. The summed E-state index contributed by atoms with van der Waals surface area (Å²) in [6.07, 6.45) is 12.7. The minimum Gasteiger partial charge on any atom is -0.289 e. The van der Waals surface area contributed by atoms with Crippen LogP contribution >= 0.6 is 0 Å². The highest BCUT2D eigenvalue weighted by atomic mass is 19.1. The van der Waals surface area contributed by atoms with E-state index in [1.807, 2.05) is 6.07 Å². The van der Waals surface area contributed by atoms with Gasteiger partial charge in [0.2, 0.25) is 0 Å². The lowest BCUT2D eigenvalue weighted by Gasteiger charge is -2.29. The van der Waals surface area contributed by atoms with Crippen molar-refractivity contribution in [3.05, 3.63) is 47.8 Å². The molecule has 1 aromatic carbocycles. The molecule has 0 aliphatic heterocycles. The van der Waals surface area contributed by atoms with Gasteiger partial charge in [-0.05, 0) is 61.3 Å². The second-order valence-electron chi connectivity index (χ2n) is 6.87. The first kappa shape index (κ1) is 17.9. The quantitative estimate of drug-likeness (QED) is 0.306. The number of halogens is 1. The summed E-state index contributed by atoms with van der Waals surface area (Å²) in [6, 6.07) is 5.10. The lowest BCUT2D eigenvalue weighted by atomic mass is 9.77. The highest BCUT2D eigenvalue weighted by molar-refractivity contribution is 6.04. The third kappa shape index (κ3) is 5.02. The summed E-state index contributed by atoms with van der Waals surface area (Å²) in [5.41, 5.74) is 1.18. The molecule has 23 heavy (non-hydrogen) atoms. The Labute approximate surface area is 140 Å². The second kappa shape index (κ2) is 9.00. The van der Waals surface area contributed by atoms with Gasteiger partial charge in [-0.15, -0.1) is 0 Å². The summed E-state index contributed by atoms with van der Waals surface area (Å²) < 4.78 is 14.1. The van der Waals surface area contributed by atoms with E-state index < -0.39 is 5.82 Å². The second-order valence-corrected chi connectivity index (χ2v) is 6.87. The lowest BCUT2D eigenvalue weighted by Crippen LogP contribution is -2.14. The van der Waals surface area contributed by atoms with E-state index in [4.69, 9.17) is 0 Å². The van der Waals surface area contributed by atoms with Crippen molar-refractivity contribution in [2.75, 3.05) is 0 Å². The summed E-state index contributed by atoms with van der Waals surface area (Å²) in [6.45, 7) is 5.67. The molecule has 2 rings (SSSR count). The van der Waals surface area contributed by atoms with E-state index in [1.54, 1.807) is 12.1 Å². The van der Waals surface area contributed by atoms with Crippen molar-refractivity contribution in [2.24, 2.45) is 5.92 Å². The van der Waals surface area contributed by atoms with Crippen molar-refractivity contribution < 1.29 is 9.18 Å². The molecular weight excluding hydrogens is 287 g/mol. The van der Waals surface area contributed by atoms with Crippen LogP contribution in [-0.2, 0) is 0 Å². The Kier molecular flexibility index (Phi) is 7.01. The topological polar surface area (TPSA) is 17.1 Å². The number of benzene rings is 1. The third-order valence-corrected chi connectivity index (χ3v) is 5.23. The number of allylic oxidation sites excluding steroid dienone is 1. The summed E-state index contributed by atoms with van der Waals surface area (Å²) in [5.74, 6) is 0.553. The van der Waals surface area contributed by atoms with Crippen LogP contribution in [0.1, 0.15) is 86.6 Å². The third-order valence-electron chi connectivity index (χ3n) is 5.23. The Balaban J connectivity index is 1.86. The molecular formula is C21H29FO. The first-order chi connectivity index (χ1) is 11.2. The lowest BCUT2D eigenvalue weighted by molar-refractivity contribution is 0.104. The summed E-state index contributed by atoms with van der Waals surface area (Å²) in [5, 5.41) is 0. The van der Waals surface area contributed by atoms with Crippen molar-refractivity contribution in [1.82, 2.24) is 0 Å². The molecule has 2 heteroatoms. The zero-order valence-electron chi connectivity index (χ0n) is 14.3. The molecule has 126 valence electrons. The highest BCUT2D eigenvalue weighted by Crippen LogP contribution is 2.38. The number of unbranched alkanes of at least 4 members (excludes halogenated alkanes) is 3. The van der Waals surface area contributed by atoms with Crippen LogP contribution < -0.4 is 0 Å². The van der Waals surface area contributed by atoms with Crippen LogP contribution in [-0.4, -0.2) is 5.78 Å². The van der Waals surface area contributed by atoms with Crippen molar-refractivity contribution in [2.45, 2.75) is 70.6 Å². The number of carbonyl (C=O) groups is 1. The molecule has 1 aromatic rings. The maximum absolute atomic E-state index is 14.1. The Hall–Kier alpha value is -1.44. The standard InChI is InChI=1S/C21H29FO/c1-3-5-6-7-8-16-9-11-17(12-10-16)18-13-14-19(20(22)15-18)21(23)4-2/h4,13-17H,2-3,5-12H2,1H3. The average molecular weight is 316 g/mol. The molecule has 0 bridgehead atoms. The first-order valence-corrected chi connectivity index (χ1v) is 9.12. The van der Waals surface area contributed by atoms with Gasteiger partial charge in [-0.2, -0.15) is 0 Å². The van der Waals surface area contributed by atoms with Crippen molar-refractivity contribution in [3.63, 3.8) is 0 Å². The van der Waals surface area contributed by atoms with Crippen LogP contribution in [0.5, 0.6) is 0 Å². The molecule has 0 aromatic heterocycles. The fraction of sp³-hybridized carbons (Fsp3) is 0.571. The molecule has 1 fully saturated rings. The maximum Gasteiger partial charge on any atom is 0.188 e. The predicted octanol–water partition coefficient (Wildman–Crippen LogP) is 6.44. The fourth-order valence-electron chi connectivity index (χ4n) is 3.74. The highest BCUT2D eigenvalue weighted by Gasteiger charge is 2.23. The van der Waals surface area contributed by atoms with Gasteiger partial charge in [-0.1, -0.05) is 51.7 Å². The smallest absolute Gasteiger partial charge is 0.188 e. The summed E-state index contributed by atoms with van der Waals surface area (Å²) >= 11 is 0. The Bertz CT molecular complexity index is 527. The van der Waals surface area contributed by atoms with E-state index in [2.05, 4.69) is 13.5 Å². The van der Waals surface area contributed by atoms with Gasteiger partial charge < -0.3 is 0 Å². The van der Waals surface area contributed by atoms with Gasteiger partial charge in [-0.25, -0.2) is 4.39 Å². The molecule has 1 nitrogen and oxygen atoms in total. The number of hydrogen-bond acceptors (Lipinski definition) is 1. The largest absolute Gasteiger partial charge is 0.289 e. The van der Waals surface area contributed by atoms with E-state index in [0.29, 0.717) is 5.92 Å². The molecule has 1 saturated carbocycles. The van der Waals surface area contributed by atoms with E-state index in [-0.39, 0.29) is 11.3 Å². The maximum atomic E-state index is 14.1. The minimum absolute atomic E-state index is 0.133. The normalized spacial score (nSPS) is 21.1. The van der Waals surface area contributed by atoms with Gasteiger partial charge in [0, 0.05) is 0 Å². The van der Waals surface area contributed by atoms with Crippen LogP contribution in [0.3, 0.4) is 0 Å². The molecule has 0 N–H and O–H groups in total. The van der Waals surface area contributed by atoms with Gasteiger partial charge in [0.15, 0.2) is 5.78 Å². The van der Waals surface area contributed by atoms with Crippen molar-refractivity contribution >= 4 is 5.78 Å². The van der Waals surface area contributed by atoms with Gasteiger partial charge in [-0.3, -0.25) is 4.79 Å². The number of hydrogen-bond donors (Lipinski definition) is 0. The summed E-state index contributed by atoms with van der Waals surface area (Å²) in [7, 11) is 0. The molecule has 0 radical (unpaired) electrons. The van der Waals surface area contributed by atoms with Crippen LogP contribution in [0.2, 0.25) is 0 Å². The molecule has 0 spiro atoms. The zero-order valence-corrected chi connectivity index (χ0v) is 14.3. The minimum atomic E-state index is -0.408. The van der Waals surface area contributed by atoms with E-state index in [1.165, 1.54) is 51.0 Å². The van der Waals surface area contributed by atoms with E-state index >= 15 is 0 Å².